The van der Waals surface area contributed by atoms with Crippen LogP contribution < -0.4 is 14.8 Å². The molecule has 0 atom stereocenters. The summed E-state index contributed by atoms with van der Waals surface area (Å²) in [5.41, 5.74) is 3.45. The molecule has 1 amide bonds. The number of carbonyl (C=O) groups excluding carboxylic acids is 1. The first-order chi connectivity index (χ1) is 16.9. The molecule has 1 heterocycles. The van der Waals surface area contributed by atoms with Crippen molar-refractivity contribution < 1.29 is 14.3 Å². The minimum Gasteiger partial charge on any atom is -0.495 e. The van der Waals surface area contributed by atoms with E-state index >= 15 is 0 Å². The Bertz CT molecular complexity index is 1340. The Morgan fingerprint density at radius 3 is 2.60 bits per heavy atom. The number of amides is 1. The average molecular weight is 509 g/mol. The van der Waals surface area contributed by atoms with Crippen LogP contribution in [0.25, 0.3) is 5.69 Å². The lowest BCUT2D eigenvalue weighted by atomic mass is 10.2. The van der Waals surface area contributed by atoms with E-state index in [4.69, 9.17) is 21.1 Å². The van der Waals surface area contributed by atoms with Crippen LogP contribution in [0.15, 0.2) is 71.9 Å². The quantitative estimate of drug-likeness (QED) is 0.285. The third kappa shape index (κ3) is 6.15. The molecule has 0 saturated carbocycles. The molecule has 180 valence electrons. The van der Waals surface area contributed by atoms with Crippen molar-refractivity contribution in [3.8, 4) is 17.2 Å². The molecular weight excluding hydrogens is 484 g/mol. The number of ether oxygens (including phenoxy) is 2. The fourth-order valence-electron chi connectivity index (χ4n) is 3.43. The van der Waals surface area contributed by atoms with Crippen molar-refractivity contribution in [3.05, 3.63) is 88.7 Å². The van der Waals surface area contributed by atoms with Crippen LogP contribution in [-0.4, -0.2) is 33.5 Å². The van der Waals surface area contributed by atoms with Crippen molar-refractivity contribution >= 4 is 35.0 Å². The number of hydrogen-bond donors (Lipinski definition) is 1. The Balaban J connectivity index is 1.55. The lowest BCUT2D eigenvalue weighted by molar-refractivity contribution is -0.113. The number of para-hydroxylation sites is 2. The Kier molecular flexibility index (Phi) is 7.94. The largest absolute Gasteiger partial charge is 0.495 e. The standard InChI is InChI=1S/C26H25ClN4O3S/c1-17-7-6-8-19(13-17)34-15-24-29-30-26(31(24)22-9-4-5-10-23(22)33-3)35-16-25(32)28-21-12-11-18(2)14-20(21)27/h4-14H,15-16H2,1-3H3,(H,28,32). The van der Waals surface area contributed by atoms with Crippen LogP contribution in [0.2, 0.25) is 5.02 Å². The first kappa shape index (κ1) is 24.6. The average Bonchev–Trinajstić information content (AvgIpc) is 3.26. The van der Waals surface area contributed by atoms with Crippen molar-refractivity contribution in [2.75, 3.05) is 18.2 Å². The van der Waals surface area contributed by atoms with Gasteiger partial charge in [-0.3, -0.25) is 9.36 Å². The highest BCUT2D eigenvalue weighted by Gasteiger charge is 2.19. The number of nitrogens with zero attached hydrogens (tertiary/aromatic N) is 3. The Morgan fingerprint density at radius 2 is 1.83 bits per heavy atom. The molecular formula is C26H25ClN4O3S. The molecule has 0 aliphatic carbocycles. The number of rotatable bonds is 9. The van der Waals surface area contributed by atoms with Gasteiger partial charge in [-0.15, -0.1) is 10.2 Å². The van der Waals surface area contributed by atoms with Crippen molar-refractivity contribution in [2.24, 2.45) is 0 Å². The molecule has 0 aliphatic rings. The summed E-state index contributed by atoms with van der Waals surface area (Å²) in [5, 5.41) is 12.6. The van der Waals surface area contributed by atoms with Crippen LogP contribution in [0.5, 0.6) is 11.5 Å². The first-order valence-electron chi connectivity index (χ1n) is 10.9. The molecule has 0 aliphatic heterocycles. The second-order valence-electron chi connectivity index (χ2n) is 7.83. The summed E-state index contributed by atoms with van der Waals surface area (Å²) in [6.07, 6.45) is 0. The maximum atomic E-state index is 12.6. The number of carbonyl (C=O) groups is 1. The van der Waals surface area contributed by atoms with Gasteiger partial charge in [0, 0.05) is 0 Å². The van der Waals surface area contributed by atoms with Gasteiger partial charge in [0.05, 0.1) is 29.3 Å². The van der Waals surface area contributed by atoms with E-state index in [2.05, 4.69) is 15.5 Å². The van der Waals surface area contributed by atoms with Gasteiger partial charge in [-0.2, -0.15) is 0 Å². The molecule has 0 unspecified atom stereocenters. The Morgan fingerprint density at radius 1 is 1.03 bits per heavy atom. The minimum atomic E-state index is -0.201. The molecule has 9 heteroatoms. The predicted molar refractivity (Wildman–Crippen MR) is 139 cm³/mol. The van der Waals surface area contributed by atoms with Gasteiger partial charge in [0.25, 0.3) is 0 Å². The topological polar surface area (TPSA) is 78.3 Å². The molecule has 0 bridgehead atoms. The predicted octanol–water partition coefficient (Wildman–Crippen LogP) is 5.86. The lowest BCUT2D eigenvalue weighted by Gasteiger charge is -2.14. The molecule has 3 aromatic carbocycles. The normalized spacial score (nSPS) is 10.7. The second kappa shape index (κ2) is 11.3. The van der Waals surface area contributed by atoms with Gasteiger partial charge in [0.1, 0.15) is 18.1 Å². The molecule has 4 aromatic rings. The molecule has 0 radical (unpaired) electrons. The van der Waals surface area contributed by atoms with E-state index in [0.717, 1.165) is 22.6 Å². The van der Waals surface area contributed by atoms with Gasteiger partial charge in [0.2, 0.25) is 5.91 Å². The number of methoxy groups -OCH3 is 1. The first-order valence-corrected chi connectivity index (χ1v) is 12.3. The molecule has 0 saturated heterocycles. The monoisotopic (exact) mass is 508 g/mol. The summed E-state index contributed by atoms with van der Waals surface area (Å²) in [6, 6.07) is 20.9. The SMILES string of the molecule is COc1ccccc1-n1c(COc2cccc(C)c2)nnc1SCC(=O)Nc1ccc(C)cc1Cl. The zero-order valence-electron chi connectivity index (χ0n) is 19.6. The van der Waals surface area contributed by atoms with E-state index in [9.17, 15) is 4.79 Å². The number of hydrogen-bond acceptors (Lipinski definition) is 6. The van der Waals surface area contributed by atoms with Crippen molar-refractivity contribution in [2.45, 2.75) is 25.6 Å². The summed E-state index contributed by atoms with van der Waals surface area (Å²) in [7, 11) is 1.61. The van der Waals surface area contributed by atoms with E-state index in [1.807, 2.05) is 79.1 Å². The van der Waals surface area contributed by atoms with Crippen LogP contribution in [0.1, 0.15) is 17.0 Å². The van der Waals surface area contributed by atoms with Gasteiger partial charge in [-0.25, -0.2) is 0 Å². The Labute approximate surface area is 213 Å². The van der Waals surface area contributed by atoms with Gasteiger partial charge < -0.3 is 14.8 Å². The number of aromatic nitrogens is 3. The number of thioether (sulfide) groups is 1. The van der Waals surface area contributed by atoms with Crippen molar-refractivity contribution in [1.29, 1.82) is 0 Å². The van der Waals surface area contributed by atoms with E-state index in [0.29, 0.717) is 27.4 Å². The number of halogens is 1. The molecule has 0 spiro atoms. The highest BCUT2D eigenvalue weighted by atomic mass is 35.5. The molecule has 4 rings (SSSR count). The van der Waals surface area contributed by atoms with Crippen LogP contribution >= 0.6 is 23.4 Å². The second-order valence-corrected chi connectivity index (χ2v) is 9.18. The van der Waals surface area contributed by atoms with Gasteiger partial charge in [-0.1, -0.05) is 53.7 Å². The van der Waals surface area contributed by atoms with Crippen LogP contribution in [0.4, 0.5) is 5.69 Å². The third-order valence-corrected chi connectivity index (χ3v) is 6.36. The summed E-state index contributed by atoms with van der Waals surface area (Å²) in [6.45, 7) is 4.15. The van der Waals surface area contributed by atoms with E-state index in [1.165, 1.54) is 11.8 Å². The molecule has 1 aromatic heterocycles. The highest BCUT2D eigenvalue weighted by molar-refractivity contribution is 7.99. The van der Waals surface area contributed by atoms with Crippen LogP contribution in [0.3, 0.4) is 0 Å². The lowest BCUT2D eigenvalue weighted by Crippen LogP contribution is -2.15. The summed E-state index contributed by atoms with van der Waals surface area (Å²) in [5.74, 6) is 1.90. The number of benzene rings is 3. The summed E-state index contributed by atoms with van der Waals surface area (Å²) in [4.78, 5) is 12.6. The molecule has 1 N–H and O–H groups in total. The summed E-state index contributed by atoms with van der Waals surface area (Å²) >= 11 is 7.52. The van der Waals surface area contributed by atoms with E-state index < -0.39 is 0 Å². The van der Waals surface area contributed by atoms with Crippen LogP contribution in [-0.2, 0) is 11.4 Å². The molecule has 7 nitrogen and oxygen atoms in total. The maximum absolute atomic E-state index is 12.6. The fourth-order valence-corrected chi connectivity index (χ4v) is 4.48. The van der Waals surface area contributed by atoms with Gasteiger partial charge >= 0.3 is 0 Å². The van der Waals surface area contributed by atoms with E-state index in [1.54, 1.807) is 13.2 Å². The van der Waals surface area contributed by atoms with Gasteiger partial charge in [0.15, 0.2) is 11.0 Å². The maximum Gasteiger partial charge on any atom is 0.234 e. The van der Waals surface area contributed by atoms with Crippen LogP contribution in [0, 0.1) is 13.8 Å². The minimum absolute atomic E-state index is 0.121. The third-order valence-electron chi connectivity index (χ3n) is 5.11. The summed E-state index contributed by atoms with van der Waals surface area (Å²) < 4.78 is 13.4. The van der Waals surface area contributed by atoms with Crippen molar-refractivity contribution in [3.63, 3.8) is 0 Å². The molecule has 35 heavy (non-hydrogen) atoms. The zero-order valence-corrected chi connectivity index (χ0v) is 21.2. The highest BCUT2D eigenvalue weighted by Crippen LogP contribution is 2.30. The van der Waals surface area contributed by atoms with Crippen molar-refractivity contribution in [1.82, 2.24) is 14.8 Å². The van der Waals surface area contributed by atoms with E-state index in [-0.39, 0.29) is 18.3 Å². The zero-order chi connectivity index (χ0) is 24.8. The number of aryl methyl sites for hydroxylation is 2. The number of anilines is 1. The fraction of sp³-hybridized carbons (Fsp3) is 0.192. The smallest absolute Gasteiger partial charge is 0.234 e. The molecule has 0 fully saturated rings. The van der Waals surface area contributed by atoms with Gasteiger partial charge in [-0.05, 0) is 61.4 Å². The number of nitrogens with one attached hydrogen (secondary N) is 1. The Hall–Kier alpha value is -3.49.